The van der Waals surface area contributed by atoms with Crippen LogP contribution in [-0.4, -0.2) is 20.2 Å². The zero-order valence-corrected chi connectivity index (χ0v) is 12.1. The number of aromatic nitrogens is 4. The molecule has 1 saturated carbocycles. The maximum absolute atomic E-state index is 5.70. The quantitative estimate of drug-likeness (QED) is 0.804. The van der Waals surface area contributed by atoms with Gasteiger partial charge in [0.05, 0.1) is 10.6 Å². The Bertz CT molecular complexity index is 745. The van der Waals surface area contributed by atoms with Gasteiger partial charge in [-0.1, -0.05) is 11.3 Å². The van der Waals surface area contributed by atoms with Crippen LogP contribution >= 0.6 is 22.7 Å². The van der Waals surface area contributed by atoms with E-state index in [1.165, 1.54) is 24.2 Å². The van der Waals surface area contributed by atoms with Crippen molar-refractivity contribution >= 4 is 27.8 Å². The summed E-state index contributed by atoms with van der Waals surface area (Å²) < 4.78 is 0. The lowest BCUT2D eigenvalue weighted by Crippen LogP contribution is -1.84. The lowest BCUT2D eigenvalue weighted by Gasteiger charge is -1.93. The Balaban J connectivity index is 1.83. The fourth-order valence-electron chi connectivity index (χ4n) is 2.06. The summed E-state index contributed by atoms with van der Waals surface area (Å²) in [7, 11) is 0. The van der Waals surface area contributed by atoms with E-state index in [1.54, 1.807) is 23.7 Å². The van der Waals surface area contributed by atoms with Gasteiger partial charge in [0.15, 0.2) is 5.01 Å². The van der Waals surface area contributed by atoms with Gasteiger partial charge in [0.2, 0.25) is 5.13 Å². The normalized spacial score (nSPS) is 14.6. The molecule has 0 bridgehead atoms. The zero-order chi connectivity index (χ0) is 13.5. The molecule has 0 aromatic carbocycles. The molecule has 1 fully saturated rings. The van der Waals surface area contributed by atoms with E-state index in [0.717, 1.165) is 26.1 Å². The molecule has 7 heteroatoms. The van der Waals surface area contributed by atoms with E-state index in [-0.39, 0.29) is 0 Å². The van der Waals surface area contributed by atoms with Gasteiger partial charge >= 0.3 is 0 Å². The van der Waals surface area contributed by atoms with Crippen molar-refractivity contribution in [1.29, 1.82) is 0 Å². The molecule has 5 nitrogen and oxygen atoms in total. The summed E-state index contributed by atoms with van der Waals surface area (Å²) in [4.78, 5) is 9.99. The van der Waals surface area contributed by atoms with E-state index >= 15 is 0 Å². The molecule has 4 rings (SSSR count). The Morgan fingerprint density at radius 3 is 2.50 bits per heavy atom. The molecule has 0 spiro atoms. The second-order valence-electron chi connectivity index (χ2n) is 4.69. The molecule has 0 amide bonds. The molecule has 0 radical (unpaired) electrons. The smallest absolute Gasteiger partial charge is 0.203 e. The summed E-state index contributed by atoms with van der Waals surface area (Å²) in [6.07, 6.45) is 5.99. The highest BCUT2D eigenvalue weighted by Crippen LogP contribution is 2.48. The van der Waals surface area contributed by atoms with Gasteiger partial charge in [-0.3, -0.25) is 4.98 Å². The lowest BCUT2D eigenvalue weighted by atomic mass is 10.2. The molecule has 20 heavy (non-hydrogen) atoms. The topological polar surface area (TPSA) is 77.6 Å². The average molecular weight is 301 g/mol. The minimum Gasteiger partial charge on any atom is -0.374 e. The maximum atomic E-state index is 5.70. The predicted octanol–water partition coefficient (Wildman–Crippen LogP) is 3.18. The molecule has 0 saturated heterocycles. The molecule has 1 aliphatic carbocycles. The van der Waals surface area contributed by atoms with Gasteiger partial charge in [0.1, 0.15) is 5.01 Å². The first kappa shape index (κ1) is 11.9. The Hall–Kier alpha value is -1.86. The minimum atomic E-state index is 0.501. The van der Waals surface area contributed by atoms with Crippen LogP contribution in [0.4, 0.5) is 5.13 Å². The summed E-state index contributed by atoms with van der Waals surface area (Å²) in [5.74, 6) is 0.571. The number of anilines is 1. The number of nitrogens with zero attached hydrogens (tertiary/aromatic N) is 4. The van der Waals surface area contributed by atoms with Crippen molar-refractivity contribution in [2.45, 2.75) is 18.8 Å². The van der Waals surface area contributed by atoms with Gasteiger partial charge in [-0.05, 0) is 25.0 Å². The minimum absolute atomic E-state index is 0.501. The van der Waals surface area contributed by atoms with E-state index in [1.807, 2.05) is 12.1 Å². The SMILES string of the molecule is Nc1nnc(-c2sc(-c3ccncc3)nc2C2CC2)s1. The van der Waals surface area contributed by atoms with Crippen LogP contribution in [0.1, 0.15) is 24.5 Å². The van der Waals surface area contributed by atoms with Crippen molar-refractivity contribution in [2.75, 3.05) is 5.73 Å². The summed E-state index contributed by atoms with van der Waals surface area (Å²) in [6.45, 7) is 0. The number of hydrogen-bond donors (Lipinski definition) is 1. The lowest BCUT2D eigenvalue weighted by molar-refractivity contribution is 1.04. The summed E-state index contributed by atoms with van der Waals surface area (Å²) >= 11 is 3.08. The number of hydrogen-bond acceptors (Lipinski definition) is 7. The summed E-state index contributed by atoms with van der Waals surface area (Å²) in [5, 5.41) is 10.5. The average Bonchev–Trinajstić information content (AvgIpc) is 3.08. The van der Waals surface area contributed by atoms with Crippen LogP contribution in [0.15, 0.2) is 24.5 Å². The number of nitrogens with two attached hydrogens (primary N) is 1. The first-order valence-corrected chi connectivity index (χ1v) is 7.95. The molecular formula is C13H11N5S2. The number of nitrogen functional groups attached to an aromatic ring is 1. The third-order valence-electron chi connectivity index (χ3n) is 3.18. The zero-order valence-electron chi connectivity index (χ0n) is 10.5. The van der Waals surface area contributed by atoms with Gasteiger partial charge in [-0.15, -0.1) is 21.5 Å². The Morgan fingerprint density at radius 1 is 1.05 bits per heavy atom. The number of rotatable bonds is 3. The molecule has 0 unspecified atom stereocenters. The standard InChI is InChI=1S/C13H11N5S2/c14-13-18-17-12(20-13)10-9(7-1-2-7)16-11(19-10)8-3-5-15-6-4-8/h3-7H,1-2H2,(H2,14,18). The van der Waals surface area contributed by atoms with Crippen LogP contribution < -0.4 is 5.73 Å². The first-order chi connectivity index (χ1) is 9.81. The van der Waals surface area contributed by atoms with Crippen molar-refractivity contribution in [3.63, 3.8) is 0 Å². The molecule has 3 aromatic heterocycles. The highest BCUT2D eigenvalue weighted by Gasteiger charge is 2.31. The van der Waals surface area contributed by atoms with Gasteiger partial charge < -0.3 is 5.73 Å². The predicted molar refractivity (Wildman–Crippen MR) is 80.6 cm³/mol. The maximum Gasteiger partial charge on any atom is 0.203 e. The second kappa shape index (κ2) is 4.60. The van der Waals surface area contributed by atoms with E-state index < -0.39 is 0 Å². The molecule has 3 heterocycles. The highest BCUT2D eigenvalue weighted by molar-refractivity contribution is 7.24. The molecule has 0 atom stereocenters. The van der Waals surface area contributed by atoms with Crippen molar-refractivity contribution < 1.29 is 0 Å². The molecule has 2 N–H and O–H groups in total. The third-order valence-corrected chi connectivity index (χ3v) is 5.21. The largest absolute Gasteiger partial charge is 0.374 e. The van der Waals surface area contributed by atoms with Crippen LogP contribution in [-0.2, 0) is 0 Å². The van der Waals surface area contributed by atoms with Crippen molar-refractivity contribution in [3.8, 4) is 20.5 Å². The van der Waals surface area contributed by atoms with Crippen molar-refractivity contribution in [1.82, 2.24) is 20.2 Å². The monoisotopic (exact) mass is 301 g/mol. The van der Waals surface area contributed by atoms with Crippen LogP contribution in [0.2, 0.25) is 0 Å². The van der Waals surface area contributed by atoms with Crippen LogP contribution in [0, 0.1) is 0 Å². The van der Waals surface area contributed by atoms with Crippen LogP contribution in [0.3, 0.4) is 0 Å². The summed E-state index contributed by atoms with van der Waals surface area (Å²) in [5.41, 5.74) is 7.94. The van der Waals surface area contributed by atoms with Gasteiger partial charge in [0, 0.05) is 23.9 Å². The first-order valence-electron chi connectivity index (χ1n) is 6.32. The van der Waals surface area contributed by atoms with E-state index in [9.17, 15) is 0 Å². The van der Waals surface area contributed by atoms with Crippen LogP contribution in [0.25, 0.3) is 20.5 Å². The van der Waals surface area contributed by atoms with Crippen LogP contribution in [0.5, 0.6) is 0 Å². The highest BCUT2D eigenvalue weighted by atomic mass is 32.1. The van der Waals surface area contributed by atoms with E-state index in [4.69, 9.17) is 10.7 Å². The van der Waals surface area contributed by atoms with Crippen molar-refractivity contribution in [2.24, 2.45) is 0 Å². The molecule has 3 aromatic rings. The molecule has 1 aliphatic rings. The van der Waals surface area contributed by atoms with Gasteiger partial charge in [-0.2, -0.15) is 0 Å². The number of pyridine rings is 1. The number of thiazole rings is 1. The molecule has 0 aliphatic heterocycles. The summed E-state index contributed by atoms with van der Waals surface area (Å²) in [6, 6.07) is 3.96. The van der Waals surface area contributed by atoms with E-state index in [2.05, 4.69) is 15.2 Å². The fourth-order valence-corrected chi connectivity index (χ4v) is 3.91. The van der Waals surface area contributed by atoms with Gasteiger partial charge in [-0.25, -0.2) is 4.98 Å². The van der Waals surface area contributed by atoms with E-state index in [0.29, 0.717) is 11.0 Å². The third kappa shape index (κ3) is 2.08. The second-order valence-corrected chi connectivity index (χ2v) is 6.70. The van der Waals surface area contributed by atoms with Crippen molar-refractivity contribution in [3.05, 3.63) is 30.2 Å². The Labute approximate surface area is 123 Å². The molecule has 100 valence electrons. The van der Waals surface area contributed by atoms with Gasteiger partial charge in [0.25, 0.3) is 0 Å². The Morgan fingerprint density at radius 2 is 1.85 bits per heavy atom. The Kier molecular flexibility index (Phi) is 2.75. The molecular weight excluding hydrogens is 290 g/mol. The fraction of sp³-hybridized carbons (Fsp3) is 0.231.